The molecule has 1 rings (SSSR count). The molecule has 1 aromatic rings. The van der Waals surface area contributed by atoms with Gasteiger partial charge in [-0.25, -0.2) is 4.98 Å². The maximum Gasteiger partial charge on any atom is 0.303 e. The number of halogens is 1. The maximum absolute atomic E-state index is 12.2. The van der Waals surface area contributed by atoms with Crippen molar-refractivity contribution in [1.82, 2.24) is 4.98 Å². The van der Waals surface area contributed by atoms with Crippen molar-refractivity contribution in [3.63, 3.8) is 0 Å². The van der Waals surface area contributed by atoms with Crippen LogP contribution in [0.1, 0.15) is 36.5 Å². The number of hydrogen-bond donors (Lipinski definition) is 1. The molecule has 1 aromatic heterocycles. The highest BCUT2D eigenvalue weighted by atomic mass is 35.5. The molecular weight excluding hydrogens is 270 g/mol. The smallest absolute Gasteiger partial charge is 0.303 e. The van der Waals surface area contributed by atoms with Gasteiger partial charge < -0.3 is 5.11 Å². The molecule has 19 heavy (non-hydrogen) atoms. The Labute approximate surface area is 115 Å². The standard InChI is InChI=1S/C13H14ClNO4/c1-8(16)10(3-2-4-12(17)18)13(19)9-5-6-15-11(14)7-9/h5-7,10H,2-4H2,1H3,(H,17,18). The largest absolute Gasteiger partial charge is 0.481 e. The maximum atomic E-state index is 12.2. The van der Waals surface area contributed by atoms with E-state index in [1.165, 1.54) is 25.3 Å². The molecule has 1 heterocycles. The Bertz CT molecular complexity index is 501. The molecule has 0 saturated carbocycles. The summed E-state index contributed by atoms with van der Waals surface area (Å²) in [6.45, 7) is 1.33. The number of Topliss-reactive ketones (excluding diaryl/α,β-unsaturated/α-hetero) is 2. The van der Waals surface area contributed by atoms with Gasteiger partial charge in [-0.1, -0.05) is 11.6 Å². The quantitative estimate of drug-likeness (QED) is 0.472. The van der Waals surface area contributed by atoms with E-state index in [4.69, 9.17) is 16.7 Å². The lowest BCUT2D eigenvalue weighted by molar-refractivity contribution is -0.137. The Morgan fingerprint density at radius 2 is 2.11 bits per heavy atom. The fourth-order valence-electron chi connectivity index (χ4n) is 1.73. The van der Waals surface area contributed by atoms with Gasteiger partial charge in [0.1, 0.15) is 10.9 Å². The molecule has 0 amide bonds. The minimum absolute atomic E-state index is 0.0613. The zero-order valence-electron chi connectivity index (χ0n) is 10.4. The number of carboxylic acids is 1. The Balaban J connectivity index is 2.78. The van der Waals surface area contributed by atoms with Gasteiger partial charge in [0.25, 0.3) is 0 Å². The van der Waals surface area contributed by atoms with Crippen LogP contribution in [0.2, 0.25) is 5.15 Å². The summed E-state index contributed by atoms with van der Waals surface area (Å²) >= 11 is 5.69. The number of aliphatic carboxylic acids is 1. The molecule has 102 valence electrons. The molecule has 0 aliphatic heterocycles. The van der Waals surface area contributed by atoms with Gasteiger partial charge in [0, 0.05) is 18.2 Å². The van der Waals surface area contributed by atoms with Crippen LogP contribution < -0.4 is 0 Å². The van der Waals surface area contributed by atoms with E-state index in [1.807, 2.05) is 0 Å². The Morgan fingerprint density at radius 1 is 1.42 bits per heavy atom. The highest BCUT2D eigenvalue weighted by molar-refractivity contribution is 6.29. The number of carboxylic acid groups (broad SMARTS) is 1. The second-order valence-electron chi connectivity index (χ2n) is 4.18. The summed E-state index contributed by atoms with van der Waals surface area (Å²) in [6.07, 6.45) is 1.84. The van der Waals surface area contributed by atoms with Crippen molar-refractivity contribution >= 4 is 29.1 Å². The monoisotopic (exact) mass is 283 g/mol. The summed E-state index contributed by atoms with van der Waals surface area (Å²) in [4.78, 5) is 37.9. The van der Waals surface area contributed by atoms with Gasteiger partial charge in [-0.2, -0.15) is 0 Å². The van der Waals surface area contributed by atoms with E-state index in [9.17, 15) is 14.4 Å². The third-order valence-corrected chi connectivity index (χ3v) is 2.91. The highest BCUT2D eigenvalue weighted by Gasteiger charge is 2.24. The Hall–Kier alpha value is -1.75. The second-order valence-corrected chi connectivity index (χ2v) is 4.57. The minimum atomic E-state index is -0.943. The van der Waals surface area contributed by atoms with Crippen molar-refractivity contribution < 1.29 is 19.5 Å². The van der Waals surface area contributed by atoms with Crippen molar-refractivity contribution in [2.24, 2.45) is 5.92 Å². The summed E-state index contributed by atoms with van der Waals surface area (Å²) in [6, 6.07) is 2.89. The van der Waals surface area contributed by atoms with Crippen LogP contribution in [0.5, 0.6) is 0 Å². The molecule has 6 heteroatoms. The molecule has 1 N–H and O–H groups in total. The van der Waals surface area contributed by atoms with Crippen LogP contribution in [0.15, 0.2) is 18.3 Å². The summed E-state index contributed by atoms with van der Waals surface area (Å²) < 4.78 is 0. The Morgan fingerprint density at radius 3 is 2.63 bits per heavy atom. The first-order valence-electron chi connectivity index (χ1n) is 5.80. The Kier molecular flexibility index (Phi) is 5.63. The van der Waals surface area contributed by atoms with Gasteiger partial charge in [-0.05, 0) is 31.9 Å². The average molecular weight is 284 g/mol. The number of carbonyl (C=O) groups is 3. The molecule has 0 aliphatic rings. The van der Waals surface area contributed by atoms with E-state index in [0.717, 1.165) is 0 Å². The zero-order valence-corrected chi connectivity index (χ0v) is 11.2. The van der Waals surface area contributed by atoms with E-state index in [1.54, 1.807) is 0 Å². The molecule has 0 aromatic carbocycles. The first-order chi connectivity index (χ1) is 8.91. The second kappa shape index (κ2) is 6.99. The van der Waals surface area contributed by atoms with Gasteiger partial charge in [0.2, 0.25) is 0 Å². The molecule has 1 atom stereocenters. The lowest BCUT2D eigenvalue weighted by Crippen LogP contribution is -2.22. The summed E-state index contributed by atoms with van der Waals surface area (Å²) in [5.74, 6) is -2.38. The third-order valence-electron chi connectivity index (χ3n) is 2.70. The topological polar surface area (TPSA) is 84.3 Å². The molecule has 1 unspecified atom stereocenters. The number of pyridine rings is 1. The zero-order chi connectivity index (χ0) is 14.4. The predicted molar refractivity (Wildman–Crippen MR) is 69.2 cm³/mol. The summed E-state index contributed by atoms with van der Waals surface area (Å²) in [5.41, 5.74) is 0.315. The van der Waals surface area contributed by atoms with Gasteiger partial charge in [-0.15, -0.1) is 0 Å². The van der Waals surface area contributed by atoms with E-state index in [2.05, 4.69) is 4.98 Å². The first kappa shape index (κ1) is 15.3. The van der Waals surface area contributed by atoms with Crippen LogP contribution in [0.25, 0.3) is 0 Å². The lowest BCUT2D eigenvalue weighted by atomic mass is 9.90. The number of nitrogens with zero attached hydrogens (tertiary/aromatic N) is 1. The molecule has 5 nitrogen and oxygen atoms in total. The van der Waals surface area contributed by atoms with Crippen molar-refractivity contribution in [3.05, 3.63) is 29.0 Å². The minimum Gasteiger partial charge on any atom is -0.481 e. The number of carbonyl (C=O) groups excluding carboxylic acids is 2. The van der Waals surface area contributed by atoms with Crippen LogP contribution in [0, 0.1) is 5.92 Å². The van der Waals surface area contributed by atoms with Crippen LogP contribution in [-0.2, 0) is 9.59 Å². The van der Waals surface area contributed by atoms with E-state index in [0.29, 0.717) is 5.56 Å². The van der Waals surface area contributed by atoms with Crippen LogP contribution >= 0.6 is 11.6 Å². The van der Waals surface area contributed by atoms with Crippen molar-refractivity contribution in [3.8, 4) is 0 Å². The molecule has 0 saturated heterocycles. The predicted octanol–water partition coefficient (Wildman–Crippen LogP) is 2.38. The SMILES string of the molecule is CC(=O)C(CCCC(=O)O)C(=O)c1ccnc(Cl)c1. The van der Waals surface area contributed by atoms with Crippen LogP contribution in [0.4, 0.5) is 0 Å². The molecular formula is C13H14ClNO4. The normalized spacial score (nSPS) is 11.9. The van der Waals surface area contributed by atoms with E-state index < -0.39 is 11.9 Å². The summed E-state index contributed by atoms with van der Waals surface area (Å²) in [7, 11) is 0. The third kappa shape index (κ3) is 4.79. The fourth-order valence-corrected chi connectivity index (χ4v) is 1.91. The molecule has 0 aliphatic carbocycles. The first-order valence-corrected chi connectivity index (χ1v) is 6.17. The summed E-state index contributed by atoms with van der Waals surface area (Å²) in [5, 5.41) is 8.74. The van der Waals surface area contributed by atoms with Crippen molar-refractivity contribution in [2.45, 2.75) is 26.2 Å². The van der Waals surface area contributed by atoms with Crippen LogP contribution in [-0.4, -0.2) is 27.6 Å². The van der Waals surface area contributed by atoms with E-state index >= 15 is 0 Å². The highest BCUT2D eigenvalue weighted by Crippen LogP contribution is 2.18. The van der Waals surface area contributed by atoms with Gasteiger partial charge >= 0.3 is 5.97 Å². The van der Waals surface area contributed by atoms with Crippen molar-refractivity contribution in [1.29, 1.82) is 0 Å². The number of aromatic nitrogens is 1. The lowest BCUT2D eigenvalue weighted by Gasteiger charge is -2.12. The van der Waals surface area contributed by atoms with Gasteiger partial charge in [0.05, 0.1) is 5.92 Å². The molecule has 0 bridgehead atoms. The number of rotatable bonds is 7. The number of hydrogen-bond acceptors (Lipinski definition) is 4. The number of ketones is 2. The fraction of sp³-hybridized carbons (Fsp3) is 0.385. The van der Waals surface area contributed by atoms with Gasteiger partial charge in [0.15, 0.2) is 5.78 Å². The van der Waals surface area contributed by atoms with Crippen molar-refractivity contribution in [2.75, 3.05) is 0 Å². The molecule has 0 fully saturated rings. The molecule has 0 spiro atoms. The molecule has 0 radical (unpaired) electrons. The van der Waals surface area contributed by atoms with Crippen LogP contribution in [0.3, 0.4) is 0 Å². The average Bonchev–Trinajstić information content (AvgIpc) is 2.33. The van der Waals surface area contributed by atoms with E-state index in [-0.39, 0.29) is 36.0 Å². The van der Waals surface area contributed by atoms with Gasteiger partial charge in [-0.3, -0.25) is 14.4 Å².